The van der Waals surface area contributed by atoms with E-state index in [1.165, 1.54) is 9.80 Å². The monoisotopic (exact) mass is 549 g/mol. The van der Waals surface area contributed by atoms with Gasteiger partial charge in [-0.3, -0.25) is 9.59 Å². The number of rotatable bonds is 10. The molecule has 1 saturated carbocycles. The number of nitrogens with one attached hydrogen (secondary N) is 1. The Hall–Kier alpha value is -3.88. The van der Waals surface area contributed by atoms with Crippen LogP contribution in [0.2, 0.25) is 0 Å². The topological polar surface area (TPSA) is 116 Å². The Morgan fingerprint density at radius 3 is 2.20 bits per heavy atom. The second-order valence-electron chi connectivity index (χ2n) is 11.3. The number of urea groups is 1. The van der Waals surface area contributed by atoms with Crippen molar-refractivity contribution >= 4 is 29.5 Å². The second kappa shape index (κ2) is 12.1. The highest BCUT2D eigenvalue weighted by Crippen LogP contribution is 2.40. The van der Waals surface area contributed by atoms with Gasteiger partial charge in [0.05, 0.1) is 18.2 Å². The van der Waals surface area contributed by atoms with Gasteiger partial charge in [-0.15, -0.1) is 0 Å². The molecule has 1 saturated heterocycles. The molecule has 0 aromatic heterocycles. The predicted octanol–water partition coefficient (Wildman–Crippen LogP) is 4.52. The average Bonchev–Trinajstić information content (AvgIpc) is 3.15. The van der Waals surface area contributed by atoms with Gasteiger partial charge >= 0.3 is 12.0 Å². The summed E-state index contributed by atoms with van der Waals surface area (Å²) in [5.74, 6) is -0.718. The average molecular weight is 550 g/mol. The fourth-order valence-corrected chi connectivity index (χ4v) is 5.87. The van der Waals surface area contributed by atoms with Crippen LogP contribution in [0.25, 0.3) is 0 Å². The third kappa shape index (κ3) is 5.83. The zero-order valence-corrected chi connectivity index (χ0v) is 23.7. The molecule has 40 heavy (non-hydrogen) atoms. The smallest absolute Gasteiger partial charge is 0.331 e. The van der Waals surface area contributed by atoms with Crippen LogP contribution >= 0.6 is 0 Å². The molecule has 214 valence electrons. The van der Waals surface area contributed by atoms with Crippen LogP contribution in [-0.4, -0.2) is 60.1 Å². The number of carboxylic acid groups (broad SMARTS) is 1. The zero-order chi connectivity index (χ0) is 29.0. The van der Waals surface area contributed by atoms with Crippen LogP contribution in [0, 0.1) is 5.92 Å². The van der Waals surface area contributed by atoms with Gasteiger partial charge in [-0.1, -0.05) is 57.4 Å². The van der Waals surface area contributed by atoms with Crippen molar-refractivity contribution in [1.29, 1.82) is 0 Å². The van der Waals surface area contributed by atoms with Gasteiger partial charge < -0.3 is 20.1 Å². The SMILES string of the molecule is COc1ccc(C2(C(=O)NC(Cc3ccc(N4C(=O)C(CC(C)C)N(C)C4=O)cc3)C(=O)O)CCCCC2)cc1. The van der Waals surface area contributed by atoms with Crippen molar-refractivity contribution < 1.29 is 29.0 Å². The molecule has 2 atom stereocenters. The third-order valence-electron chi connectivity index (χ3n) is 8.18. The molecule has 1 heterocycles. The lowest BCUT2D eigenvalue weighted by Gasteiger charge is -2.37. The van der Waals surface area contributed by atoms with E-state index in [1.54, 1.807) is 38.4 Å². The van der Waals surface area contributed by atoms with Crippen LogP contribution in [-0.2, 0) is 26.2 Å². The molecular weight excluding hydrogens is 510 g/mol. The third-order valence-corrected chi connectivity index (χ3v) is 8.18. The Kier molecular flexibility index (Phi) is 8.81. The number of imide groups is 1. The molecule has 1 aliphatic heterocycles. The fourth-order valence-electron chi connectivity index (χ4n) is 5.87. The minimum absolute atomic E-state index is 0.0673. The number of carboxylic acids is 1. The minimum Gasteiger partial charge on any atom is -0.497 e. The number of likely N-dealkylation sites (N-methyl/N-ethyl adjacent to an activating group) is 1. The van der Waals surface area contributed by atoms with Crippen molar-refractivity contribution in [3.8, 4) is 5.75 Å². The largest absolute Gasteiger partial charge is 0.497 e. The van der Waals surface area contributed by atoms with E-state index in [1.807, 2.05) is 38.1 Å². The van der Waals surface area contributed by atoms with Crippen LogP contribution in [0.4, 0.5) is 10.5 Å². The van der Waals surface area contributed by atoms with E-state index in [2.05, 4.69) is 5.32 Å². The Labute approximate surface area is 235 Å². The van der Waals surface area contributed by atoms with Crippen molar-refractivity contribution in [3.63, 3.8) is 0 Å². The van der Waals surface area contributed by atoms with Crippen LogP contribution < -0.4 is 15.0 Å². The number of carbonyl (C=O) groups excluding carboxylic acids is 3. The molecule has 0 radical (unpaired) electrons. The number of nitrogens with zero attached hydrogens (tertiary/aromatic N) is 2. The van der Waals surface area contributed by atoms with Gasteiger partial charge in [0.25, 0.3) is 5.91 Å². The van der Waals surface area contributed by atoms with Crippen LogP contribution in [0.1, 0.15) is 63.5 Å². The highest BCUT2D eigenvalue weighted by molar-refractivity contribution is 6.21. The van der Waals surface area contributed by atoms with Crippen molar-refractivity contribution in [1.82, 2.24) is 10.2 Å². The lowest BCUT2D eigenvalue weighted by molar-refractivity contribution is -0.143. The van der Waals surface area contributed by atoms with Crippen LogP contribution in [0.15, 0.2) is 48.5 Å². The zero-order valence-electron chi connectivity index (χ0n) is 23.7. The molecule has 2 aromatic carbocycles. The van der Waals surface area contributed by atoms with Gasteiger partial charge in [0.1, 0.15) is 17.8 Å². The summed E-state index contributed by atoms with van der Waals surface area (Å²) in [5.41, 5.74) is 1.18. The summed E-state index contributed by atoms with van der Waals surface area (Å²) in [6.07, 6.45) is 4.76. The summed E-state index contributed by atoms with van der Waals surface area (Å²) in [5, 5.41) is 12.8. The highest BCUT2D eigenvalue weighted by Gasteiger charge is 2.44. The van der Waals surface area contributed by atoms with Gasteiger partial charge in [-0.2, -0.15) is 0 Å². The molecule has 2 unspecified atom stereocenters. The first kappa shape index (κ1) is 29.1. The van der Waals surface area contributed by atoms with Crippen molar-refractivity contribution in [2.45, 2.75) is 76.3 Å². The number of benzene rings is 2. The van der Waals surface area contributed by atoms with Gasteiger partial charge in [0.2, 0.25) is 5.91 Å². The molecule has 2 aromatic rings. The summed E-state index contributed by atoms with van der Waals surface area (Å²) < 4.78 is 5.27. The van der Waals surface area contributed by atoms with E-state index in [9.17, 15) is 24.3 Å². The maximum atomic E-state index is 13.7. The summed E-state index contributed by atoms with van der Waals surface area (Å²) in [4.78, 5) is 54.4. The van der Waals surface area contributed by atoms with Crippen LogP contribution in [0.3, 0.4) is 0 Å². The van der Waals surface area contributed by atoms with Crippen molar-refractivity contribution in [2.75, 3.05) is 19.1 Å². The van der Waals surface area contributed by atoms with Gasteiger partial charge in [-0.25, -0.2) is 14.5 Å². The number of hydrogen-bond acceptors (Lipinski definition) is 5. The molecule has 4 amide bonds. The van der Waals surface area contributed by atoms with Crippen LogP contribution in [0.5, 0.6) is 5.75 Å². The first-order valence-electron chi connectivity index (χ1n) is 14.0. The number of hydrogen-bond donors (Lipinski definition) is 2. The van der Waals surface area contributed by atoms with Gasteiger partial charge in [0.15, 0.2) is 0 Å². The van der Waals surface area contributed by atoms with E-state index in [0.717, 1.165) is 24.8 Å². The molecule has 0 spiro atoms. The molecule has 9 heteroatoms. The lowest BCUT2D eigenvalue weighted by Crippen LogP contribution is -2.52. The molecule has 2 fully saturated rings. The predicted molar refractivity (Wildman–Crippen MR) is 151 cm³/mol. The number of carbonyl (C=O) groups is 4. The number of methoxy groups -OCH3 is 1. The summed E-state index contributed by atoms with van der Waals surface area (Å²) in [6, 6.07) is 12.1. The van der Waals surface area contributed by atoms with E-state index >= 15 is 0 Å². The Morgan fingerprint density at radius 2 is 1.65 bits per heavy atom. The van der Waals surface area contributed by atoms with E-state index < -0.39 is 23.5 Å². The maximum Gasteiger partial charge on any atom is 0.331 e. The number of anilines is 1. The Bertz CT molecular complexity index is 1230. The fraction of sp³-hybridized carbons (Fsp3) is 0.484. The molecule has 2 N–H and O–H groups in total. The molecule has 2 aliphatic rings. The minimum atomic E-state index is -1.13. The highest BCUT2D eigenvalue weighted by atomic mass is 16.5. The summed E-state index contributed by atoms with van der Waals surface area (Å²) in [6.45, 7) is 4.02. The van der Waals surface area contributed by atoms with Crippen molar-refractivity contribution in [3.05, 3.63) is 59.7 Å². The molecular formula is C31H39N3O6. The number of amides is 4. The Morgan fingerprint density at radius 1 is 1.02 bits per heavy atom. The normalized spacial score (nSPS) is 19.6. The molecule has 0 bridgehead atoms. The van der Waals surface area contributed by atoms with E-state index in [4.69, 9.17) is 4.74 Å². The first-order chi connectivity index (χ1) is 19.1. The Balaban J connectivity index is 1.50. The van der Waals surface area contributed by atoms with Crippen molar-refractivity contribution in [2.24, 2.45) is 5.92 Å². The molecule has 9 nitrogen and oxygen atoms in total. The van der Waals surface area contributed by atoms with Gasteiger partial charge in [-0.05, 0) is 60.6 Å². The number of aliphatic carboxylic acids is 1. The standard InChI is InChI=1S/C31H39N3O6/c1-20(2)18-26-27(35)34(30(39)33(26)3)23-12-8-21(9-13-23)19-25(28(36)37)32-29(38)31(16-6-5-7-17-31)22-10-14-24(40-4)15-11-22/h8-15,20,25-26H,5-7,16-19H2,1-4H3,(H,32,38)(H,36,37). The lowest BCUT2D eigenvalue weighted by atomic mass is 9.68. The maximum absolute atomic E-state index is 13.7. The summed E-state index contributed by atoms with van der Waals surface area (Å²) in [7, 11) is 3.22. The van der Waals surface area contributed by atoms with Gasteiger partial charge in [0, 0.05) is 13.5 Å². The van der Waals surface area contributed by atoms with E-state index in [-0.39, 0.29) is 30.2 Å². The second-order valence-corrected chi connectivity index (χ2v) is 11.3. The summed E-state index contributed by atoms with van der Waals surface area (Å²) >= 11 is 0. The van der Waals surface area contributed by atoms with E-state index in [0.29, 0.717) is 36.3 Å². The molecule has 1 aliphatic carbocycles. The molecule has 4 rings (SSSR count). The first-order valence-corrected chi connectivity index (χ1v) is 14.0. The number of ether oxygens (including phenoxy) is 1. The quantitative estimate of drug-likeness (QED) is 0.421.